The molecule has 0 spiro atoms. The van der Waals surface area contributed by atoms with Gasteiger partial charge in [-0.05, 0) is 79.7 Å². The van der Waals surface area contributed by atoms with Crippen molar-refractivity contribution in [1.82, 2.24) is 10.6 Å². The zero-order valence-corrected chi connectivity index (χ0v) is 15.9. The molecule has 136 valence electrons. The number of nitrogens with one attached hydrogen (secondary N) is 2. The lowest BCUT2D eigenvalue weighted by Crippen LogP contribution is -2.62. The molecule has 4 heteroatoms. The fourth-order valence-electron chi connectivity index (χ4n) is 6.81. The zero-order chi connectivity index (χ0) is 17.3. The molecule has 26 heavy (non-hydrogen) atoms. The highest BCUT2D eigenvalue weighted by Crippen LogP contribution is 2.55. The molecule has 1 aromatic carbocycles. The lowest BCUT2D eigenvalue weighted by Gasteiger charge is -2.57. The van der Waals surface area contributed by atoms with Crippen LogP contribution >= 0.6 is 11.3 Å². The third-order valence-corrected chi connectivity index (χ3v) is 8.66. The molecule has 4 saturated carbocycles. The second-order valence-electron chi connectivity index (χ2n) is 9.32. The molecule has 0 saturated heterocycles. The Kier molecular flexibility index (Phi) is 3.34. The molecular formula is C22H26N2OS. The predicted molar refractivity (Wildman–Crippen MR) is 105 cm³/mol. The first-order valence-electron chi connectivity index (χ1n) is 10.2. The molecule has 5 aliphatic rings. The van der Waals surface area contributed by atoms with Crippen molar-refractivity contribution in [2.75, 3.05) is 0 Å². The minimum absolute atomic E-state index is 0.0755. The molecule has 1 amide bonds. The molecule has 1 aromatic heterocycles. The van der Waals surface area contributed by atoms with Gasteiger partial charge in [0.15, 0.2) is 0 Å². The number of amides is 1. The fraction of sp³-hybridized carbons (Fsp3) is 0.591. The highest BCUT2D eigenvalue weighted by Gasteiger charge is 2.51. The first-order chi connectivity index (χ1) is 12.7. The minimum atomic E-state index is -0.0755. The summed E-state index contributed by atoms with van der Waals surface area (Å²) in [6.07, 6.45) is 8.76. The third-order valence-electron chi connectivity index (χ3n) is 7.44. The molecule has 3 nitrogen and oxygen atoms in total. The maximum atomic E-state index is 13.2. The maximum absolute atomic E-state index is 13.2. The predicted octanol–water partition coefficient (Wildman–Crippen LogP) is 4.00. The van der Waals surface area contributed by atoms with E-state index in [1.807, 2.05) is 11.3 Å². The summed E-state index contributed by atoms with van der Waals surface area (Å²) < 4.78 is 1.35. The van der Waals surface area contributed by atoms with E-state index in [0.29, 0.717) is 0 Å². The second-order valence-corrected chi connectivity index (χ2v) is 10.5. The highest BCUT2D eigenvalue weighted by molar-refractivity contribution is 7.19. The molecule has 7 rings (SSSR count). The highest BCUT2D eigenvalue weighted by atomic mass is 32.1. The monoisotopic (exact) mass is 366 g/mol. The van der Waals surface area contributed by atoms with Crippen LogP contribution in [0.1, 0.15) is 49.0 Å². The lowest BCUT2D eigenvalue weighted by atomic mass is 9.53. The molecule has 2 aromatic rings. The summed E-state index contributed by atoms with van der Waals surface area (Å²) in [5, 5.41) is 8.43. The van der Waals surface area contributed by atoms with Crippen molar-refractivity contribution in [3.63, 3.8) is 0 Å². The summed E-state index contributed by atoms with van der Waals surface area (Å²) in [6.45, 7) is 0.827. The molecule has 1 atom stereocenters. The molecule has 0 radical (unpaired) electrons. The molecule has 4 fully saturated rings. The number of benzene rings is 1. The number of thiophene rings is 1. The Morgan fingerprint density at radius 1 is 1.08 bits per heavy atom. The summed E-state index contributed by atoms with van der Waals surface area (Å²) in [5.74, 6) is 2.85. The molecule has 4 bridgehead atoms. The van der Waals surface area contributed by atoms with Crippen LogP contribution in [0.3, 0.4) is 0 Å². The normalized spacial score (nSPS) is 37.7. The lowest BCUT2D eigenvalue weighted by molar-refractivity contribution is -0.129. The van der Waals surface area contributed by atoms with Gasteiger partial charge in [-0.2, -0.15) is 0 Å². The zero-order valence-electron chi connectivity index (χ0n) is 15.1. The van der Waals surface area contributed by atoms with Crippen LogP contribution in [-0.4, -0.2) is 17.5 Å². The smallest absolute Gasteiger partial charge is 0.237 e. The van der Waals surface area contributed by atoms with E-state index in [1.54, 1.807) is 0 Å². The summed E-state index contributed by atoms with van der Waals surface area (Å²) in [7, 11) is 0. The van der Waals surface area contributed by atoms with Crippen LogP contribution in [0.2, 0.25) is 0 Å². The van der Waals surface area contributed by atoms with Gasteiger partial charge in [-0.25, -0.2) is 0 Å². The van der Waals surface area contributed by atoms with Gasteiger partial charge in [0, 0.05) is 21.7 Å². The summed E-state index contributed by atoms with van der Waals surface area (Å²) >= 11 is 1.87. The molecule has 2 N–H and O–H groups in total. The number of hydrogen-bond donors (Lipinski definition) is 2. The first-order valence-corrected chi connectivity index (χ1v) is 11.0. The molecule has 2 heterocycles. The van der Waals surface area contributed by atoms with Gasteiger partial charge in [0.2, 0.25) is 5.91 Å². The van der Waals surface area contributed by atoms with Gasteiger partial charge in [-0.3, -0.25) is 4.79 Å². The van der Waals surface area contributed by atoms with E-state index in [1.165, 1.54) is 59.1 Å². The van der Waals surface area contributed by atoms with E-state index >= 15 is 0 Å². The van der Waals surface area contributed by atoms with Gasteiger partial charge in [-0.1, -0.05) is 18.2 Å². The van der Waals surface area contributed by atoms with Crippen molar-refractivity contribution >= 4 is 27.3 Å². The Morgan fingerprint density at radius 2 is 1.77 bits per heavy atom. The van der Waals surface area contributed by atoms with Crippen molar-refractivity contribution in [3.8, 4) is 0 Å². The van der Waals surface area contributed by atoms with Crippen molar-refractivity contribution in [3.05, 3.63) is 34.7 Å². The van der Waals surface area contributed by atoms with Crippen LogP contribution < -0.4 is 10.6 Å². The third kappa shape index (κ3) is 2.38. The van der Waals surface area contributed by atoms with Gasteiger partial charge in [0.05, 0.1) is 6.04 Å². The van der Waals surface area contributed by atoms with Crippen molar-refractivity contribution < 1.29 is 4.79 Å². The standard InChI is InChI=1S/C22H26N2OS/c25-21(24-22-9-13-5-14(10-22)7-15(6-13)11-22)18-8-17-16-3-1-2-4-19(16)26-20(17)12-23-18/h1-4,13-15,18,23H,5-12H2,(H,24,25)/t13?,14?,15?,18-,22?/m1/s1. The quantitative estimate of drug-likeness (QED) is 0.843. The Bertz CT molecular complexity index is 850. The molecular weight excluding hydrogens is 340 g/mol. The largest absolute Gasteiger partial charge is 0.349 e. The summed E-state index contributed by atoms with van der Waals surface area (Å²) in [4.78, 5) is 14.6. The molecule has 0 unspecified atom stereocenters. The number of carbonyl (C=O) groups excluding carboxylic acids is 1. The molecule has 1 aliphatic heterocycles. The Morgan fingerprint density at radius 3 is 2.50 bits per heavy atom. The van der Waals surface area contributed by atoms with Crippen molar-refractivity contribution in [2.45, 2.75) is 63.1 Å². The second kappa shape index (κ2) is 5.56. The van der Waals surface area contributed by atoms with Gasteiger partial charge in [0.25, 0.3) is 0 Å². The van der Waals surface area contributed by atoms with Crippen molar-refractivity contribution in [1.29, 1.82) is 0 Å². The number of hydrogen-bond acceptors (Lipinski definition) is 3. The summed E-state index contributed by atoms with van der Waals surface area (Å²) in [5.41, 5.74) is 1.51. The first kappa shape index (κ1) is 15.6. The van der Waals surface area contributed by atoms with Gasteiger partial charge in [0.1, 0.15) is 0 Å². The fourth-order valence-corrected chi connectivity index (χ4v) is 7.99. The van der Waals surface area contributed by atoms with Gasteiger partial charge >= 0.3 is 0 Å². The summed E-state index contributed by atoms with van der Waals surface area (Å²) in [6, 6.07) is 8.55. The average molecular weight is 367 g/mol. The minimum Gasteiger partial charge on any atom is -0.349 e. The number of carbonyl (C=O) groups is 1. The topological polar surface area (TPSA) is 41.1 Å². The van der Waals surface area contributed by atoms with E-state index < -0.39 is 0 Å². The Hall–Kier alpha value is -1.39. The van der Waals surface area contributed by atoms with Crippen LogP contribution in [0, 0.1) is 17.8 Å². The van der Waals surface area contributed by atoms with Gasteiger partial charge < -0.3 is 10.6 Å². The van der Waals surface area contributed by atoms with Crippen LogP contribution in [-0.2, 0) is 17.8 Å². The number of rotatable bonds is 2. The molecule has 4 aliphatic carbocycles. The number of fused-ring (bicyclic) bond motifs is 3. The van der Waals surface area contributed by atoms with Crippen LogP contribution in [0.25, 0.3) is 10.1 Å². The van der Waals surface area contributed by atoms with Crippen LogP contribution in [0.4, 0.5) is 0 Å². The van der Waals surface area contributed by atoms with E-state index in [-0.39, 0.29) is 17.5 Å². The van der Waals surface area contributed by atoms with Crippen molar-refractivity contribution in [2.24, 2.45) is 17.8 Å². The Balaban J connectivity index is 1.23. The van der Waals surface area contributed by atoms with Crippen LogP contribution in [0.15, 0.2) is 24.3 Å². The van der Waals surface area contributed by atoms with E-state index in [2.05, 4.69) is 34.9 Å². The Labute approximate surface area is 158 Å². The van der Waals surface area contributed by atoms with E-state index in [9.17, 15) is 4.79 Å². The maximum Gasteiger partial charge on any atom is 0.237 e. The van der Waals surface area contributed by atoms with E-state index in [0.717, 1.165) is 30.7 Å². The average Bonchev–Trinajstić information content (AvgIpc) is 2.98. The van der Waals surface area contributed by atoms with E-state index in [4.69, 9.17) is 0 Å². The SMILES string of the molecule is O=C(NC12CC3CC(CC(C3)C1)C2)[C@H]1Cc2c(sc3ccccc23)CN1. The van der Waals surface area contributed by atoms with Gasteiger partial charge in [-0.15, -0.1) is 11.3 Å². The van der Waals surface area contributed by atoms with Crippen LogP contribution in [0.5, 0.6) is 0 Å².